The molecule has 2 fully saturated rings. The summed E-state index contributed by atoms with van der Waals surface area (Å²) in [5, 5.41) is 2.42. The normalized spacial score (nSPS) is 25.5. The van der Waals surface area contributed by atoms with E-state index in [9.17, 15) is 14.4 Å². The Bertz CT molecular complexity index is 413. The first-order valence-corrected chi connectivity index (χ1v) is 6.14. The van der Waals surface area contributed by atoms with Crippen LogP contribution in [0.15, 0.2) is 0 Å². The number of hydrazine groups is 1. The Kier molecular flexibility index (Phi) is 3.61. The zero-order valence-corrected chi connectivity index (χ0v) is 11.3. The molecule has 0 radical (unpaired) electrons. The maximum atomic E-state index is 12.1. The van der Waals surface area contributed by atoms with Crippen LogP contribution in [0.2, 0.25) is 0 Å². The lowest BCUT2D eigenvalue weighted by atomic mass is 10.0. The molecule has 2 aliphatic heterocycles. The van der Waals surface area contributed by atoms with Crippen molar-refractivity contribution in [1.82, 2.24) is 20.4 Å². The van der Waals surface area contributed by atoms with E-state index in [0.717, 1.165) is 5.01 Å². The van der Waals surface area contributed by atoms with Gasteiger partial charge in [0.25, 0.3) is 5.91 Å². The second-order valence-corrected chi connectivity index (χ2v) is 4.74. The fourth-order valence-corrected chi connectivity index (χ4v) is 2.46. The summed E-state index contributed by atoms with van der Waals surface area (Å²) in [6.07, 6.45) is 1.27. The van der Waals surface area contributed by atoms with Gasteiger partial charge in [0.05, 0.1) is 13.2 Å². The third kappa shape index (κ3) is 2.35. The molecule has 0 aromatic rings. The van der Waals surface area contributed by atoms with Crippen LogP contribution in [0.25, 0.3) is 0 Å². The number of carbonyl (C=O) groups is 3. The molecule has 2 bridgehead atoms. The largest absolute Gasteiger partial charge is 0.345 e. The first-order valence-electron chi connectivity index (χ1n) is 6.14. The summed E-state index contributed by atoms with van der Waals surface area (Å²) in [7, 11) is 2.91. The van der Waals surface area contributed by atoms with Crippen LogP contribution in [0.1, 0.15) is 19.8 Å². The average molecular weight is 270 g/mol. The van der Waals surface area contributed by atoms with E-state index in [1.165, 1.54) is 31.0 Å². The van der Waals surface area contributed by atoms with Crippen molar-refractivity contribution >= 4 is 17.8 Å². The van der Waals surface area contributed by atoms with Crippen LogP contribution in [0.3, 0.4) is 0 Å². The van der Waals surface area contributed by atoms with Gasteiger partial charge < -0.3 is 4.90 Å². The van der Waals surface area contributed by atoms with Gasteiger partial charge >= 0.3 is 6.03 Å². The summed E-state index contributed by atoms with van der Waals surface area (Å²) in [6, 6.07) is -0.839. The van der Waals surface area contributed by atoms with Gasteiger partial charge in [0.2, 0.25) is 5.91 Å². The number of amides is 4. The summed E-state index contributed by atoms with van der Waals surface area (Å²) in [5.74, 6) is -0.615. The lowest BCUT2D eigenvalue weighted by Crippen LogP contribution is -2.54. The summed E-state index contributed by atoms with van der Waals surface area (Å²) in [5.41, 5.74) is 2.48. The Morgan fingerprint density at radius 3 is 2.68 bits per heavy atom. The van der Waals surface area contributed by atoms with Crippen molar-refractivity contribution in [3.8, 4) is 0 Å². The van der Waals surface area contributed by atoms with Gasteiger partial charge in [-0.15, -0.1) is 0 Å². The molecule has 4 amide bonds. The fourth-order valence-electron chi connectivity index (χ4n) is 2.46. The molecule has 8 heteroatoms. The highest BCUT2D eigenvalue weighted by Gasteiger charge is 2.47. The fraction of sp³-hybridized carbons (Fsp3) is 0.727. The molecule has 2 saturated heterocycles. The highest BCUT2D eigenvalue weighted by atomic mass is 16.7. The third-order valence-electron chi connectivity index (χ3n) is 3.57. The van der Waals surface area contributed by atoms with E-state index in [2.05, 4.69) is 5.43 Å². The second kappa shape index (κ2) is 5.04. The molecule has 2 aliphatic rings. The van der Waals surface area contributed by atoms with Gasteiger partial charge in [-0.3, -0.25) is 24.9 Å². The van der Waals surface area contributed by atoms with Gasteiger partial charge in [-0.05, 0) is 12.8 Å². The number of nitrogens with one attached hydrogen (secondary N) is 1. The monoisotopic (exact) mass is 270 g/mol. The van der Waals surface area contributed by atoms with Crippen molar-refractivity contribution < 1.29 is 19.2 Å². The van der Waals surface area contributed by atoms with Crippen LogP contribution >= 0.6 is 0 Å². The minimum absolute atomic E-state index is 0.00656. The van der Waals surface area contributed by atoms with E-state index >= 15 is 0 Å². The van der Waals surface area contributed by atoms with Crippen LogP contribution in [0, 0.1) is 0 Å². The summed E-state index contributed by atoms with van der Waals surface area (Å²) in [4.78, 5) is 41.7. The number of rotatable bonds is 2. The van der Waals surface area contributed by atoms with Crippen molar-refractivity contribution in [2.75, 3.05) is 20.7 Å². The zero-order chi connectivity index (χ0) is 14.2. The zero-order valence-electron chi connectivity index (χ0n) is 11.3. The standard InChI is InChI=1S/C11H18N4O4/c1-7(16)13(2)12-10(17)9-5-4-8-6-14(9)11(18)15(8)19-3/h8-9H,4-6H2,1-3H3,(H,12,17)/t8-,9+/m1/s1. The molecule has 106 valence electrons. The van der Waals surface area contributed by atoms with Crippen molar-refractivity contribution in [2.45, 2.75) is 31.8 Å². The summed E-state index contributed by atoms with van der Waals surface area (Å²) < 4.78 is 0. The number of carbonyl (C=O) groups excluding carboxylic acids is 3. The molecule has 2 atom stereocenters. The van der Waals surface area contributed by atoms with Crippen LogP contribution < -0.4 is 5.43 Å². The molecule has 0 aromatic carbocycles. The first-order chi connectivity index (χ1) is 8.95. The van der Waals surface area contributed by atoms with Crippen molar-refractivity contribution in [3.05, 3.63) is 0 Å². The van der Waals surface area contributed by atoms with E-state index < -0.39 is 6.04 Å². The minimum Gasteiger partial charge on any atom is -0.309 e. The lowest BCUT2D eigenvalue weighted by Gasteiger charge is -2.30. The van der Waals surface area contributed by atoms with Crippen LogP contribution in [0.4, 0.5) is 4.79 Å². The van der Waals surface area contributed by atoms with Gasteiger partial charge in [-0.1, -0.05) is 0 Å². The van der Waals surface area contributed by atoms with Crippen molar-refractivity contribution in [2.24, 2.45) is 0 Å². The molecule has 0 saturated carbocycles. The predicted octanol–water partition coefficient (Wildman–Crippen LogP) is -0.674. The molecule has 0 aliphatic carbocycles. The SMILES string of the molecule is CON1C(=O)N2C[C@H]1CC[C@H]2C(=O)NN(C)C(C)=O. The maximum absolute atomic E-state index is 12.1. The summed E-state index contributed by atoms with van der Waals surface area (Å²) >= 11 is 0. The number of piperidine rings is 1. The van der Waals surface area contributed by atoms with Crippen molar-refractivity contribution in [1.29, 1.82) is 0 Å². The molecule has 8 nitrogen and oxygen atoms in total. The Morgan fingerprint density at radius 2 is 2.11 bits per heavy atom. The Labute approximate surface area is 111 Å². The van der Waals surface area contributed by atoms with E-state index in [4.69, 9.17) is 4.84 Å². The van der Waals surface area contributed by atoms with Crippen LogP contribution in [-0.2, 0) is 14.4 Å². The number of urea groups is 1. The molecule has 0 spiro atoms. The van der Waals surface area contributed by atoms with E-state index in [-0.39, 0.29) is 23.9 Å². The predicted molar refractivity (Wildman–Crippen MR) is 64.3 cm³/mol. The molecule has 0 aromatic heterocycles. The van der Waals surface area contributed by atoms with E-state index in [1.807, 2.05) is 0 Å². The van der Waals surface area contributed by atoms with E-state index in [1.54, 1.807) is 0 Å². The smallest absolute Gasteiger partial charge is 0.309 e. The Morgan fingerprint density at radius 1 is 1.42 bits per heavy atom. The molecule has 2 rings (SSSR count). The number of nitrogens with zero attached hydrogens (tertiary/aromatic N) is 3. The second-order valence-electron chi connectivity index (χ2n) is 4.74. The number of fused-ring (bicyclic) bond motifs is 2. The summed E-state index contributed by atoms with van der Waals surface area (Å²) in [6.45, 7) is 1.83. The van der Waals surface area contributed by atoms with Gasteiger partial charge in [-0.25, -0.2) is 4.79 Å². The van der Waals surface area contributed by atoms with Crippen LogP contribution in [-0.4, -0.2) is 65.6 Å². The quantitative estimate of drug-likeness (QED) is 0.674. The third-order valence-corrected chi connectivity index (χ3v) is 3.57. The van der Waals surface area contributed by atoms with Gasteiger partial charge in [0.1, 0.15) is 6.04 Å². The topological polar surface area (TPSA) is 82.2 Å². The molecule has 2 heterocycles. The first kappa shape index (κ1) is 13.6. The van der Waals surface area contributed by atoms with Crippen molar-refractivity contribution in [3.63, 3.8) is 0 Å². The highest BCUT2D eigenvalue weighted by molar-refractivity contribution is 5.89. The van der Waals surface area contributed by atoms with Gasteiger partial charge in [0, 0.05) is 20.5 Å². The lowest BCUT2D eigenvalue weighted by molar-refractivity contribution is -0.140. The number of hydrogen-bond donors (Lipinski definition) is 1. The molecule has 19 heavy (non-hydrogen) atoms. The van der Waals surface area contributed by atoms with Gasteiger partial charge in [0.15, 0.2) is 0 Å². The molecular formula is C11H18N4O4. The minimum atomic E-state index is -0.550. The molecule has 0 unspecified atom stereocenters. The molecular weight excluding hydrogens is 252 g/mol. The molecule has 1 N–H and O–H groups in total. The van der Waals surface area contributed by atoms with Gasteiger partial charge in [-0.2, -0.15) is 5.06 Å². The highest BCUT2D eigenvalue weighted by Crippen LogP contribution is 2.29. The Hall–Kier alpha value is -1.83. The van der Waals surface area contributed by atoms with Crippen LogP contribution in [0.5, 0.6) is 0 Å². The maximum Gasteiger partial charge on any atom is 0.345 e. The Balaban J connectivity index is 2.04. The number of hydroxylamine groups is 2. The average Bonchev–Trinajstić information content (AvgIpc) is 2.61. The van der Waals surface area contributed by atoms with E-state index in [0.29, 0.717) is 19.4 Å². The number of hydrogen-bond acceptors (Lipinski definition) is 4.